The fourth-order valence-electron chi connectivity index (χ4n) is 1.96. The predicted molar refractivity (Wildman–Crippen MR) is 81.2 cm³/mol. The van der Waals surface area contributed by atoms with Crippen LogP contribution < -0.4 is 4.72 Å². The summed E-state index contributed by atoms with van der Waals surface area (Å²) in [5, 5.41) is 9.11. The molecule has 0 spiro atoms. The van der Waals surface area contributed by atoms with Crippen molar-refractivity contribution in [3.8, 4) is 0 Å². The SMILES string of the molecule is CCN(C)CCNS(=O)(=O)c1cc(C(=O)O)c(C)cc1C. The molecule has 0 aliphatic carbocycles. The summed E-state index contributed by atoms with van der Waals surface area (Å²) < 4.78 is 27.1. The van der Waals surface area contributed by atoms with Crippen LogP contribution in [0.3, 0.4) is 0 Å². The van der Waals surface area contributed by atoms with Crippen LogP contribution in [0.2, 0.25) is 0 Å². The molecule has 1 aromatic rings. The summed E-state index contributed by atoms with van der Waals surface area (Å²) in [6.07, 6.45) is 0. The largest absolute Gasteiger partial charge is 0.478 e. The number of nitrogens with zero attached hydrogens (tertiary/aromatic N) is 1. The van der Waals surface area contributed by atoms with Crippen molar-refractivity contribution in [1.82, 2.24) is 9.62 Å². The Morgan fingerprint density at radius 2 is 1.90 bits per heavy atom. The van der Waals surface area contributed by atoms with Crippen molar-refractivity contribution >= 4 is 16.0 Å². The molecule has 0 heterocycles. The Kier molecular flexibility index (Phi) is 5.88. The highest BCUT2D eigenvalue weighted by Gasteiger charge is 2.20. The number of hydrogen-bond acceptors (Lipinski definition) is 4. The molecule has 0 fully saturated rings. The predicted octanol–water partition coefficient (Wildman–Crippen LogP) is 1.23. The normalized spacial score (nSPS) is 11.9. The summed E-state index contributed by atoms with van der Waals surface area (Å²) in [6.45, 7) is 6.99. The standard InChI is InChI=1S/C14H22N2O4S/c1-5-16(4)7-6-15-21(19,20)13-9-12(14(17)18)10(2)8-11(13)3/h8-9,15H,5-7H2,1-4H3,(H,17,18). The Bertz CT molecular complexity index is 626. The summed E-state index contributed by atoms with van der Waals surface area (Å²) >= 11 is 0. The van der Waals surface area contributed by atoms with Crippen LogP contribution in [0, 0.1) is 13.8 Å². The number of likely N-dealkylation sites (N-methyl/N-ethyl adjacent to an activating group) is 1. The van der Waals surface area contributed by atoms with E-state index < -0.39 is 16.0 Å². The molecule has 0 bridgehead atoms. The van der Waals surface area contributed by atoms with Gasteiger partial charge in [-0.15, -0.1) is 0 Å². The fraction of sp³-hybridized carbons (Fsp3) is 0.500. The van der Waals surface area contributed by atoms with Crippen molar-refractivity contribution in [3.05, 3.63) is 28.8 Å². The average Bonchev–Trinajstić information content (AvgIpc) is 2.37. The number of sulfonamides is 1. The van der Waals surface area contributed by atoms with E-state index in [1.165, 1.54) is 6.07 Å². The zero-order chi connectivity index (χ0) is 16.2. The van der Waals surface area contributed by atoms with Crippen LogP contribution in [0.4, 0.5) is 0 Å². The first kappa shape index (κ1) is 17.6. The lowest BCUT2D eigenvalue weighted by Gasteiger charge is -2.15. The zero-order valence-electron chi connectivity index (χ0n) is 12.8. The maximum Gasteiger partial charge on any atom is 0.335 e. The molecule has 7 heteroatoms. The summed E-state index contributed by atoms with van der Waals surface area (Å²) in [5.74, 6) is -1.13. The maximum absolute atomic E-state index is 12.3. The number of hydrogen-bond donors (Lipinski definition) is 2. The van der Waals surface area contributed by atoms with E-state index >= 15 is 0 Å². The third kappa shape index (κ3) is 4.52. The highest BCUT2D eigenvalue weighted by Crippen LogP contribution is 2.20. The fourth-order valence-corrected chi connectivity index (χ4v) is 3.23. The van der Waals surface area contributed by atoms with Crippen LogP contribution in [0.25, 0.3) is 0 Å². The third-order valence-electron chi connectivity index (χ3n) is 3.37. The number of rotatable bonds is 7. The quantitative estimate of drug-likeness (QED) is 0.790. The van der Waals surface area contributed by atoms with Crippen LogP contribution >= 0.6 is 0 Å². The Morgan fingerprint density at radius 3 is 2.43 bits per heavy atom. The molecule has 0 amide bonds. The number of benzene rings is 1. The molecule has 118 valence electrons. The van der Waals surface area contributed by atoms with Gasteiger partial charge in [0.2, 0.25) is 10.0 Å². The average molecular weight is 314 g/mol. The Labute approximate surface area is 125 Å². The second-order valence-electron chi connectivity index (χ2n) is 5.03. The van der Waals surface area contributed by atoms with Gasteiger partial charge in [0, 0.05) is 13.1 Å². The van der Waals surface area contributed by atoms with Gasteiger partial charge in [-0.05, 0) is 44.6 Å². The highest BCUT2D eigenvalue weighted by atomic mass is 32.2. The first-order chi connectivity index (χ1) is 9.69. The van der Waals surface area contributed by atoms with Gasteiger partial charge in [-0.1, -0.05) is 13.0 Å². The lowest BCUT2D eigenvalue weighted by molar-refractivity contribution is 0.0696. The molecule has 0 saturated heterocycles. The zero-order valence-corrected chi connectivity index (χ0v) is 13.6. The molecule has 1 rings (SSSR count). The Hall–Kier alpha value is -1.44. The summed E-state index contributed by atoms with van der Waals surface area (Å²) in [4.78, 5) is 13.1. The van der Waals surface area contributed by atoms with Crippen molar-refractivity contribution < 1.29 is 18.3 Å². The van der Waals surface area contributed by atoms with Gasteiger partial charge in [-0.2, -0.15) is 0 Å². The minimum absolute atomic E-state index is 0.00616. The first-order valence-corrected chi connectivity index (χ1v) is 8.20. The third-order valence-corrected chi connectivity index (χ3v) is 4.97. The first-order valence-electron chi connectivity index (χ1n) is 6.71. The van der Waals surface area contributed by atoms with Gasteiger partial charge >= 0.3 is 5.97 Å². The molecule has 1 aromatic carbocycles. The number of carboxylic acids is 1. The minimum atomic E-state index is -3.71. The van der Waals surface area contributed by atoms with E-state index in [1.54, 1.807) is 19.9 Å². The molecule has 0 aromatic heterocycles. The molecule has 6 nitrogen and oxygen atoms in total. The van der Waals surface area contributed by atoms with Crippen molar-refractivity contribution in [1.29, 1.82) is 0 Å². The molecule has 2 N–H and O–H groups in total. The van der Waals surface area contributed by atoms with Gasteiger partial charge in [0.1, 0.15) is 0 Å². The number of carboxylic acid groups (broad SMARTS) is 1. The van der Waals surface area contributed by atoms with E-state index in [0.29, 0.717) is 17.7 Å². The second-order valence-corrected chi connectivity index (χ2v) is 6.77. The Morgan fingerprint density at radius 1 is 1.29 bits per heavy atom. The van der Waals surface area contributed by atoms with Crippen LogP contribution in [0.5, 0.6) is 0 Å². The molecule has 0 aliphatic heterocycles. The van der Waals surface area contributed by atoms with Crippen molar-refractivity contribution in [2.24, 2.45) is 0 Å². The molecule has 0 atom stereocenters. The van der Waals surface area contributed by atoms with Gasteiger partial charge in [-0.25, -0.2) is 17.9 Å². The number of aryl methyl sites for hydroxylation is 2. The second kappa shape index (κ2) is 7.02. The number of carbonyl (C=O) groups is 1. The van der Waals surface area contributed by atoms with Gasteiger partial charge < -0.3 is 10.0 Å². The molecule has 0 saturated carbocycles. The molecule has 21 heavy (non-hydrogen) atoms. The molecular formula is C14H22N2O4S. The van der Waals surface area contributed by atoms with Gasteiger partial charge in [0.25, 0.3) is 0 Å². The van der Waals surface area contributed by atoms with Gasteiger partial charge in [0.05, 0.1) is 10.5 Å². The van der Waals surface area contributed by atoms with E-state index in [0.717, 1.165) is 6.54 Å². The molecule has 0 radical (unpaired) electrons. The van der Waals surface area contributed by atoms with Crippen molar-refractivity contribution in [2.45, 2.75) is 25.7 Å². The summed E-state index contributed by atoms with van der Waals surface area (Å²) in [5.41, 5.74) is 1.09. The van der Waals surface area contributed by atoms with Crippen molar-refractivity contribution in [2.75, 3.05) is 26.7 Å². The van der Waals surface area contributed by atoms with E-state index in [9.17, 15) is 13.2 Å². The smallest absolute Gasteiger partial charge is 0.335 e. The molecular weight excluding hydrogens is 292 g/mol. The minimum Gasteiger partial charge on any atom is -0.478 e. The lowest BCUT2D eigenvalue weighted by atomic mass is 10.1. The van der Waals surface area contributed by atoms with E-state index in [1.807, 2.05) is 18.9 Å². The number of nitrogens with one attached hydrogen (secondary N) is 1. The summed E-state index contributed by atoms with van der Waals surface area (Å²) in [6, 6.07) is 2.80. The van der Waals surface area contributed by atoms with Gasteiger partial charge in [0.15, 0.2) is 0 Å². The van der Waals surface area contributed by atoms with Gasteiger partial charge in [-0.3, -0.25) is 0 Å². The Balaban J connectivity index is 3.03. The molecule has 0 unspecified atom stereocenters. The van der Waals surface area contributed by atoms with E-state index in [2.05, 4.69) is 4.72 Å². The monoisotopic (exact) mass is 314 g/mol. The topological polar surface area (TPSA) is 86.7 Å². The van der Waals surface area contributed by atoms with Crippen LogP contribution in [0.1, 0.15) is 28.4 Å². The lowest BCUT2D eigenvalue weighted by Crippen LogP contribution is -2.33. The van der Waals surface area contributed by atoms with Crippen LogP contribution in [-0.4, -0.2) is 51.1 Å². The van der Waals surface area contributed by atoms with Crippen LogP contribution in [-0.2, 0) is 10.0 Å². The highest BCUT2D eigenvalue weighted by molar-refractivity contribution is 7.89. The van der Waals surface area contributed by atoms with E-state index in [4.69, 9.17) is 5.11 Å². The number of aromatic carboxylic acids is 1. The van der Waals surface area contributed by atoms with Crippen LogP contribution in [0.15, 0.2) is 17.0 Å². The van der Waals surface area contributed by atoms with E-state index in [-0.39, 0.29) is 17.0 Å². The molecule has 0 aliphatic rings. The van der Waals surface area contributed by atoms with Crippen molar-refractivity contribution in [3.63, 3.8) is 0 Å². The maximum atomic E-state index is 12.3. The summed E-state index contributed by atoms with van der Waals surface area (Å²) in [7, 11) is -1.81.